The fourth-order valence-corrected chi connectivity index (χ4v) is 3.86. The topological polar surface area (TPSA) is 93.2 Å². The molecule has 2 saturated heterocycles. The Labute approximate surface area is 100 Å². The summed E-state index contributed by atoms with van der Waals surface area (Å²) >= 11 is 0. The number of nitrogens with zero attached hydrogens (tertiary/aromatic N) is 2. The van der Waals surface area contributed by atoms with Gasteiger partial charge in [0.15, 0.2) is 0 Å². The molecule has 0 saturated carbocycles. The van der Waals surface area contributed by atoms with Crippen LogP contribution in [-0.2, 0) is 29.5 Å². The molecule has 100 valence electrons. The molecule has 0 radical (unpaired) electrons. The molecule has 2 rings (SSSR count). The molecule has 2 fully saturated rings. The lowest BCUT2D eigenvalue weighted by atomic mass is 10.8. The minimum Gasteiger partial charge on any atom is -0.364 e. The van der Waals surface area contributed by atoms with E-state index in [1.165, 1.54) is 0 Å². The highest BCUT2D eigenvalue weighted by molar-refractivity contribution is 7.89. The van der Waals surface area contributed by atoms with Gasteiger partial charge in [0, 0.05) is 0 Å². The van der Waals surface area contributed by atoms with Gasteiger partial charge in [-0.2, -0.15) is 8.61 Å². The molecule has 0 aromatic heterocycles. The molecule has 17 heavy (non-hydrogen) atoms. The normalized spacial score (nSPS) is 30.1. The number of rotatable bonds is 2. The smallest absolute Gasteiger partial charge is 0.219 e. The van der Waals surface area contributed by atoms with Crippen LogP contribution in [0.5, 0.6) is 0 Å². The van der Waals surface area contributed by atoms with E-state index in [1.807, 2.05) is 0 Å². The van der Waals surface area contributed by atoms with Crippen molar-refractivity contribution in [2.45, 2.75) is 0 Å². The van der Waals surface area contributed by atoms with Gasteiger partial charge in [-0.15, -0.1) is 0 Å². The second-order valence-electron chi connectivity index (χ2n) is 3.75. The Balaban J connectivity index is 2.09. The molecule has 2 aliphatic heterocycles. The van der Waals surface area contributed by atoms with Gasteiger partial charge in [-0.1, -0.05) is 0 Å². The first kappa shape index (κ1) is 13.2. The molecule has 0 atom stereocenters. The maximum absolute atomic E-state index is 11.7. The van der Waals surface area contributed by atoms with E-state index in [1.54, 1.807) is 0 Å². The maximum Gasteiger partial charge on any atom is 0.219 e. The fraction of sp³-hybridized carbons (Fsp3) is 1.00. The van der Waals surface area contributed by atoms with E-state index < -0.39 is 20.0 Å². The van der Waals surface area contributed by atoms with Gasteiger partial charge in [-0.25, -0.2) is 16.8 Å². The van der Waals surface area contributed by atoms with Crippen LogP contribution in [0, 0.1) is 0 Å². The lowest BCUT2D eigenvalue weighted by molar-refractivity contribution is 0.0159. The molecule has 0 aromatic rings. The quantitative estimate of drug-likeness (QED) is 0.593. The summed E-state index contributed by atoms with van der Waals surface area (Å²) < 4.78 is 58.6. The Kier molecular flexibility index (Phi) is 3.71. The second kappa shape index (κ2) is 4.78. The molecule has 0 aromatic carbocycles. The van der Waals surface area contributed by atoms with E-state index in [0.717, 1.165) is 8.61 Å². The standard InChI is InChI=1S/C7H14N2O6S2/c10-16(11)3-1-14-6-8(16)5-9-7-15-2-4-17(9,12)13/h1-7H2. The van der Waals surface area contributed by atoms with Crippen LogP contribution in [0.15, 0.2) is 0 Å². The number of hydrogen-bond acceptors (Lipinski definition) is 6. The van der Waals surface area contributed by atoms with Crippen molar-refractivity contribution in [2.75, 3.05) is 44.8 Å². The number of hydrogen-bond donors (Lipinski definition) is 0. The van der Waals surface area contributed by atoms with Crippen LogP contribution in [0.4, 0.5) is 0 Å². The van der Waals surface area contributed by atoms with E-state index >= 15 is 0 Å². The SMILES string of the molecule is O=S1(=O)CCOCN1CN1COCCS1(=O)=O. The van der Waals surface area contributed by atoms with Crippen molar-refractivity contribution >= 4 is 20.0 Å². The third-order valence-electron chi connectivity index (χ3n) is 2.54. The van der Waals surface area contributed by atoms with Gasteiger partial charge in [0.05, 0.1) is 31.4 Å². The van der Waals surface area contributed by atoms with Gasteiger partial charge in [-0.05, 0) is 0 Å². The summed E-state index contributed by atoms with van der Waals surface area (Å²) in [6.45, 7) is -0.197. The van der Waals surface area contributed by atoms with Crippen LogP contribution >= 0.6 is 0 Å². The van der Waals surface area contributed by atoms with E-state index in [4.69, 9.17) is 9.47 Å². The van der Waals surface area contributed by atoms with Gasteiger partial charge in [0.25, 0.3) is 0 Å². The highest BCUT2D eigenvalue weighted by Gasteiger charge is 2.33. The van der Waals surface area contributed by atoms with Crippen LogP contribution in [0.1, 0.15) is 0 Å². The van der Waals surface area contributed by atoms with Gasteiger partial charge in [-0.3, -0.25) is 0 Å². The molecule has 0 N–H and O–H groups in total. The third kappa shape index (κ3) is 2.95. The molecule has 8 nitrogen and oxygen atoms in total. The maximum atomic E-state index is 11.7. The minimum atomic E-state index is -3.43. The summed E-state index contributed by atoms with van der Waals surface area (Å²) in [4.78, 5) is 0. The summed E-state index contributed by atoms with van der Waals surface area (Å²) in [5, 5.41) is 0. The first-order valence-electron chi connectivity index (χ1n) is 5.03. The third-order valence-corrected chi connectivity index (χ3v) is 5.92. The monoisotopic (exact) mass is 286 g/mol. The largest absolute Gasteiger partial charge is 0.364 e. The summed E-state index contributed by atoms with van der Waals surface area (Å²) in [6, 6.07) is 0. The average Bonchev–Trinajstić information content (AvgIpc) is 2.23. The number of ether oxygens (including phenoxy) is 2. The van der Waals surface area contributed by atoms with Gasteiger partial charge in [0.1, 0.15) is 13.5 Å². The van der Waals surface area contributed by atoms with E-state index in [9.17, 15) is 16.8 Å². The Morgan fingerprint density at radius 1 is 0.824 bits per heavy atom. The van der Waals surface area contributed by atoms with Crippen molar-refractivity contribution in [3.8, 4) is 0 Å². The molecule has 0 spiro atoms. The van der Waals surface area contributed by atoms with Gasteiger partial charge >= 0.3 is 0 Å². The zero-order valence-corrected chi connectivity index (χ0v) is 10.7. The van der Waals surface area contributed by atoms with Gasteiger partial charge < -0.3 is 9.47 Å². The molecule has 10 heteroatoms. The lowest BCUT2D eigenvalue weighted by Gasteiger charge is -2.33. The summed E-state index contributed by atoms with van der Waals surface area (Å²) in [7, 11) is -6.85. The zero-order chi connectivity index (χ0) is 12.5. The predicted octanol–water partition coefficient (Wildman–Crippen LogP) is -1.82. The average molecular weight is 286 g/mol. The Bertz CT molecular complexity index is 429. The first-order valence-corrected chi connectivity index (χ1v) is 8.25. The highest BCUT2D eigenvalue weighted by Crippen LogP contribution is 2.14. The van der Waals surface area contributed by atoms with Crippen molar-refractivity contribution < 1.29 is 26.3 Å². The van der Waals surface area contributed by atoms with Crippen molar-refractivity contribution in [1.82, 2.24) is 8.61 Å². The zero-order valence-electron chi connectivity index (χ0n) is 9.11. The molecule has 0 amide bonds. The molecule has 0 aliphatic carbocycles. The Morgan fingerprint density at radius 2 is 1.24 bits per heavy atom. The molecule has 0 unspecified atom stereocenters. The first-order chi connectivity index (χ1) is 7.92. The van der Waals surface area contributed by atoms with Crippen molar-refractivity contribution in [1.29, 1.82) is 0 Å². The van der Waals surface area contributed by atoms with Crippen molar-refractivity contribution in [2.24, 2.45) is 0 Å². The number of sulfonamides is 2. The molecular formula is C7H14N2O6S2. The summed E-state index contributed by atoms with van der Waals surface area (Å²) in [5.74, 6) is -0.247. The van der Waals surface area contributed by atoms with E-state index in [2.05, 4.69) is 0 Å². The summed E-state index contributed by atoms with van der Waals surface area (Å²) in [6.07, 6.45) is 0. The Hall–Kier alpha value is -0.260. The van der Waals surface area contributed by atoms with Gasteiger partial charge in [0.2, 0.25) is 20.0 Å². The summed E-state index contributed by atoms with van der Waals surface area (Å²) in [5.41, 5.74) is 0. The van der Waals surface area contributed by atoms with E-state index in [-0.39, 0.29) is 44.8 Å². The Morgan fingerprint density at radius 3 is 1.59 bits per heavy atom. The fourth-order valence-electron chi connectivity index (χ4n) is 1.51. The van der Waals surface area contributed by atoms with E-state index in [0.29, 0.717) is 0 Å². The van der Waals surface area contributed by atoms with Crippen molar-refractivity contribution in [3.63, 3.8) is 0 Å². The van der Waals surface area contributed by atoms with Crippen LogP contribution in [-0.4, -0.2) is 70.3 Å². The molecule has 2 aliphatic rings. The lowest BCUT2D eigenvalue weighted by Crippen LogP contribution is -2.51. The van der Waals surface area contributed by atoms with Crippen LogP contribution in [0.25, 0.3) is 0 Å². The molecule has 2 heterocycles. The predicted molar refractivity (Wildman–Crippen MR) is 57.8 cm³/mol. The van der Waals surface area contributed by atoms with Crippen LogP contribution < -0.4 is 0 Å². The van der Waals surface area contributed by atoms with Crippen LogP contribution in [0.2, 0.25) is 0 Å². The highest BCUT2D eigenvalue weighted by atomic mass is 32.2. The van der Waals surface area contributed by atoms with Crippen LogP contribution in [0.3, 0.4) is 0 Å². The second-order valence-corrected chi connectivity index (χ2v) is 7.93. The van der Waals surface area contributed by atoms with Crippen molar-refractivity contribution in [3.05, 3.63) is 0 Å². The molecular weight excluding hydrogens is 272 g/mol. The molecule has 0 bridgehead atoms. The minimum absolute atomic E-state index is 0.117.